The van der Waals surface area contributed by atoms with E-state index in [1.54, 1.807) is 12.1 Å². The van der Waals surface area contributed by atoms with Gasteiger partial charge in [-0.05, 0) is 67.0 Å². The van der Waals surface area contributed by atoms with Crippen LogP contribution in [0, 0.1) is 17.2 Å². The molecule has 0 atom stereocenters. The normalized spacial score (nSPS) is 15.5. The molecule has 1 saturated heterocycles. The number of pyridine rings is 2. The van der Waals surface area contributed by atoms with Gasteiger partial charge in [0.1, 0.15) is 23.2 Å². The Hall–Kier alpha value is -3.73. The topological polar surface area (TPSA) is 128 Å². The summed E-state index contributed by atoms with van der Waals surface area (Å²) >= 11 is 0. The molecule has 3 heterocycles. The minimum atomic E-state index is -4.29. The van der Waals surface area contributed by atoms with E-state index >= 15 is 0 Å². The van der Waals surface area contributed by atoms with Crippen LogP contribution >= 0.6 is 0 Å². The Morgan fingerprint density at radius 3 is 2.62 bits per heavy atom. The minimum absolute atomic E-state index is 0.0149. The van der Waals surface area contributed by atoms with Gasteiger partial charge in [-0.1, -0.05) is 33.8 Å². The van der Waals surface area contributed by atoms with Crippen LogP contribution in [0.15, 0.2) is 53.6 Å². The number of carbonyl (C=O) groups is 1. The van der Waals surface area contributed by atoms with Gasteiger partial charge in [-0.15, -0.1) is 0 Å². The highest BCUT2D eigenvalue weighted by Gasteiger charge is 2.28. The molecular weight excluding hydrogens is 533 g/mol. The smallest absolute Gasteiger partial charge is 0.281 e. The molecule has 3 aromatic rings. The van der Waals surface area contributed by atoms with Crippen LogP contribution in [-0.4, -0.2) is 44.0 Å². The standard InChI is InChI=1S/C29H36FN5O4S/c1-19(2)18-39-22-16-20(15-21(30)17-22)24-10-9-23(27(32-24)35-13-6-11-29(3,4)12-14-35)28(36)34-40(37,38)26-8-5-7-25(31)33-26/h5,7-10,15-17,19H,6,11-14,18H2,1-4H3,(H2,31,33)(H,34,36). The van der Waals surface area contributed by atoms with Crippen molar-refractivity contribution in [2.45, 2.75) is 52.0 Å². The quantitative estimate of drug-likeness (QED) is 0.387. The van der Waals surface area contributed by atoms with Gasteiger partial charge in [0.2, 0.25) is 0 Å². The van der Waals surface area contributed by atoms with Crippen molar-refractivity contribution in [1.82, 2.24) is 14.7 Å². The molecule has 0 saturated carbocycles. The summed E-state index contributed by atoms with van der Waals surface area (Å²) in [6.45, 7) is 10.1. The number of hydrogen-bond acceptors (Lipinski definition) is 8. The molecule has 0 spiro atoms. The summed E-state index contributed by atoms with van der Waals surface area (Å²) in [7, 11) is -4.29. The van der Waals surface area contributed by atoms with Gasteiger partial charge in [0.05, 0.1) is 17.9 Å². The van der Waals surface area contributed by atoms with E-state index in [1.807, 2.05) is 18.7 Å². The number of benzene rings is 1. The number of amides is 1. The van der Waals surface area contributed by atoms with Gasteiger partial charge in [0, 0.05) is 24.7 Å². The summed E-state index contributed by atoms with van der Waals surface area (Å²) < 4.78 is 48.2. The van der Waals surface area contributed by atoms with E-state index in [0.29, 0.717) is 42.5 Å². The zero-order valence-corrected chi connectivity index (χ0v) is 24.1. The maximum atomic E-state index is 14.6. The van der Waals surface area contributed by atoms with Crippen LogP contribution in [0.25, 0.3) is 11.3 Å². The monoisotopic (exact) mass is 569 g/mol. The van der Waals surface area contributed by atoms with Crippen LogP contribution in [0.3, 0.4) is 0 Å². The van der Waals surface area contributed by atoms with Crippen molar-refractivity contribution in [2.24, 2.45) is 11.3 Å². The van der Waals surface area contributed by atoms with E-state index in [9.17, 15) is 17.6 Å². The van der Waals surface area contributed by atoms with Gasteiger partial charge >= 0.3 is 0 Å². The lowest BCUT2D eigenvalue weighted by Gasteiger charge is -2.26. The average Bonchev–Trinajstić information content (AvgIpc) is 3.06. The molecule has 9 nitrogen and oxygen atoms in total. The minimum Gasteiger partial charge on any atom is -0.493 e. The predicted octanol–water partition coefficient (Wildman–Crippen LogP) is 5.03. The third-order valence-electron chi connectivity index (χ3n) is 6.76. The lowest BCUT2D eigenvalue weighted by atomic mass is 9.85. The van der Waals surface area contributed by atoms with Crippen LogP contribution in [0.1, 0.15) is 57.3 Å². The van der Waals surface area contributed by atoms with Crippen molar-refractivity contribution in [1.29, 1.82) is 0 Å². The molecule has 1 aromatic carbocycles. The second-order valence-corrected chi connectivity index (χ2v) is 12.9. The summed E-state index contributed by atoms with van der Waals surface area (Å²) in [6.07, 6.45) is 2.73. The number of carbonyl (C=O) groups excluding carboxylic acids is 1. The molecule has 11 heteroatoms. The Labute approximate surface area is 235 Å². The van der Waals surface area contributed by atoms with E-state index in [2.05, 4.69) is 23.6 Å². The van der Waals surface area contributed by atoms with Crippen molar-refractivity contribution in [3.05, 3.63) is 59.9 Å². The van der Waals surface area contributed by atoms with Crippen LogP contribution in [-0.2, 0) is 10.0 Å². The van der Waals surface area contributed by atoms with Crippen molar-refractivity contribution in [2.75, 3.05) is 30.3 Å². The molecule has 4 rings (SSSR count). The van der Waals surface area contributed by atoms with Crippen molar-refractivity contribution < 1.29 is 22.3 Å². The third kappa shape index (κ3) is 7.26. The number of rotatable bonds is 8. The number of nitrogen functional groups attached to an aromatic ring is 1. The van der Waals surface area contributed by atoms with Crippen LogP contribution in [0.5, 0.6) is 5.75 Å². The Morgan fingerprint density at radius 2 is 1.90 bits per heavy atom. The summed E-state index contributed by atoms with van der Waals surface area (Å²) in [6, 6.07) is 11.6. The fourth-order valence-corrected chi connectivity index (χ4v) is 5.47. The number of nitrogens with two attached hydrogens (primary N) is 1. The molecule has 0 radical (unpaired) electrons. The highest BCUT2D eigenvalue weighted by molar-refractivity contribution is 7.90. The van der Waals surface area contributed by atoms with E-state index in [4.69, 9.17) is 15.5 Å². The first-order valence-electron chi connectivity index (χ1n) is 13.3. The lowest BCUT2D eigenvalue weighted by Crippen LogP contribution is -2.34. The lowest BCUT2D eigenvalue weighted by molar-refractivity contribution is 0.0981. The number of ether oxygens (including phenoxy) is 1. The first-order chi connectivity index (χ1) is 18.8. The second-order valence-electron chi connectivity index (χ2n) is 11.3. The molecular formula is C29H36FN5O4S. The first-order valence-corrected chi connectivity index (χ1v) is 14.8. The largest absolute Gasteiger partial charge is 0.493 e. The Bertz CT molecular complexity index is 1490. The molecule has 0 bridgehead atoms. The number of aromatic nitrogens is 2. The predicted molar refractivity (Wildman–Crippen MR) is 153 cm³/mol. The molecule has 3 N–H and O–H groups in total. The zero-order valence-electron chi connectivity index (χ0n) is 23.3. The molecule has 214 valence electrons. The highest BCUT2D eigenvalue weighted by atomic mass is 32.2. The van der Waals surface area contributed by atoms with Gasteiger partial charge in [0.15, 0.2) is 5.03 Å². The number of hydrogen-bond donors (Lipinski definition) is 2. The average molecular weight is 570 g/mol. The molecule has 2 aromatic heterocycles. The van der Waals surface area contributed by atoms with Gasteiger partial charge in [-0.3, -0.25) is 4.79 Å². The van der Waals surface area contributed by atoms with Gasteiger partial charge < -0.3 is 15.4 Å². The Balaban J connectivity index is 1.73. The molecule has 0 aliphatic carbocycles. The number of halogens is 1. The molecule has 1 aliphatic rings. The maximum Gasteiger partial charge on any atom is 0.281 e. The molecule has 1 aliphatic heterocycles. The number of nitrogens with one attached hydrogen (secondary N) is 1. The third-order valence-corrected chi connectivity index (χ3v) is 7.99. The molecule has 40 heavy (non-hydrogen) atoms. The van der Waals surface area contributed by atoms with E-state index in [0.717, 1.165) is 19.3 Å². The van der Waals surface area contributed by atoms with Crippen molar-refractivity contribution in [3.8, 4) is 17.0 Å². The highest BCUT2D eigenvalue weighted by Crippen LogP contribution is 2.34. The number of sulfonamides is 1. The zero-order chi connectivity index (χ0) is 29.1. The fraction of sp³-hybridized carbons (Fsp3) is 0.414. The van der Waals surface area contributed by atoms with E-state index in [-0.39, 0.29) is 27.7 Å². The number of nitrogens with zero attached hydrogens (tertiary/aromatic N) is 3. The summed E-state index contributed by atoms with van der Waals surface area (Å²) in [5.74, 6) is -0.328. The summed E-state index contributed by atoms with van der Waals surface area (Å²) in [5.41, 5.74) is 6.76. The first kappa shape index (κ1) is 29.3. The molecule has 0 unspecified atom stereocenters. The van der Waals surface area contributed by atoms with E-state index < -0.39 is 21.7 Å². The van der Waals surface area contributed by atoms with Gasteiger partial charge in [-0.2, -0.15) is 8.42 Å². The summed E-state index contributed by atoms with van der Waals surface area (Å²) in [4.78, 5) is 24.0. The Morgan fingerprint density at radius 1 is 1.12 bits per heavy atom. The van der Waals surface area contributed by atoms with Crippen molar-refractivity contribution >= 4 is 27.6 Å². The molecule has 1 amide bonds. The Kier molecular flexibility index (Phi) is 8.62. The maximum absolute atomic E-state index is 14.6. The van der Waals surface area contributed by atoms with Crippen LogP contribution in [0.4, 0.5) is 16.0 Å². The SMILES string of the molecule is CC(C)COc1cc(F)cc(-c2ccc(C(=O)NS(=O)(=O)c3cccc(N)n3)c(N3CCCC(C)(C)CC3)n2)c1. The fourth-order valence-electron chi connectivity index (χ4n) is 4.53. The second kappa shape index (κ2) is 11.8. The molecule has 1 fully saturated rings. The summed E-state index contributed by atoms with van der Waals surface area (Å²) in [5, 5.41) is -0.364. The van der Waals surface area contributed by atoms with E-state index in [1.165, 1.54) is 36.4 Å². The van der Waals surface area contributed by atoms with Gasteiger partial charge in [0.25, 0.3) is 15.9 Å². The van der Waals surface area contributed by atoms with Crippen molar-refractivity contribution in [3.63, 3.8) is 0 Å². The van der Waals surface area contributed by atoms with Crippen LogP contribution < -0.4 is 20.1 Å². The van der Waals surface area contributed by atoms with Crippen LogP contribution in [0.2, 0.25) is 0 Å². The number of anilines is 2. The van der Waals surface area contributed by atoms with Gasteiger partial charge in [-0.25, -0.2) is 19.1 Å².